The Morgan fingerprint density at radius 3 is 2.92 bits per heavy atom. The van der Waals surface area contributed by atoms with Crippen LogP contribution < -0.4 is 5.73 Å². The van der Waals surface area contributed by atoms with Gasteiger partial charge in [-0.3, -0.25) is 9.59 Å². The number of aromatic nitrogens is 2. The molecule has 0 atom stereocenters. The van der Waals surface area contributed by atoms with Gasteiger partial charge in [-0.05, 0) is 12.5 Å². The number of ketones is 2. The Morgan fingerprint density at radius 2 is 2.08 bits per heavy atom. The fraction of sp³-hybridized carbons (Fsp3) is 0.278. The first-order valence-electron chi connectivity index (χ1n) is 8.08. The van der Waals surface area contributed by atoms with Crippen molar-refractivity contribution in [1.29, 1.82) is 0 Å². The molecule has 3 N–H and O–H groups in total. The van der Waals surface area contributed by atoms with E-state index in [0.717, 1.165) is 10.9 Å². The molecular formula is C18H19N3O3S. The van der Waals surface area contributed by atoms with Crippen molar-refractivity contribution >= 4 is 33.8 Å². The van der Waals surface area contributed by atoms with Gasteiger partial charge in [0.25, 0.3) is 0 Å². The second kappa shape index (κ2) is 8.15. The molecule has 7 heteroatoms. The molecule has 0 saturated carbocycles. The van der Waals surface area contributed by atoms with Crippen molar-refractivity contribution in [3.8, 4) is 0 Å². The SMILES string of the molecule is NCCOCCCC(=O)c1csc(C(=O)c2c[nH]c3ccccc23)n1. The van der Waals surface area contributed by atoms with Gasteiger partial charge in [-0.1, -0.05) is 18.2 Å². The monoisotopic (exact) mass is 357 g/mol. The zero-order valence-corrected chi connectivity index (χ0v) is 14.5. The van der Waals surface area contributed by atoms with Crippen LogP contribution in [0.25, 0.3) is 10.9 Å². The number of nitrogens with zero attached hydrogens (tertiary/aromatic N) is 1. The molecule has 0 radical (unpaired) electrons. The van der Waals surface area contributed by atoms with E-state index in [-0.39, 0.29) is 11.6 Å². The van der Waals surface area contributed by atoms with Crippen molar-refractivity contribution < 1.29 is 14.3 Å². The topological polar surface area (TPSA) is 98.1 Å². The molecule has 0 unspecified atom stereocenters. The fourth-order valence-corrected chi connectivity index (χ4v) is 3.30. The average Bonchev–Trinajstić information content (AvgIpc) is 3.28. The normalized spacial score (nSPS) is 11.1. The van der Waals surface area contributed by atoms with E-state index in [1.165, 1.54) is 11.3 Å². The number of fused-ring (bicyclic) bond motifs is 1. The molecule has 25 heavy (non-hydrogen) atoms. The van der Waals surface area contributed by atoms with Crippen LogP contribution in [-0.4, -0.2) is 41.3 Å². The summed E-state index contributed by atoms with van der Waals surface area (Å²) < 4.78 is 5.25. The highest BCUT2D eigenvalue weighted by Gasteiger charge is 2.19. The maximum absolute atomic E-state index is 12.7. The maximum atomic E-state index is 12.7. The molecule has 130 valence electrons. The number of rotatable bonds is 9. The second-order valence-corrected chi connectivity index (χ2v) is 6.40. The summed E-state index contributed by atoms with van der Waals surface area (Å²) in [4.78, 5) is 32.1. The Morgan fingerprint density at radius 1 is 1.24 bits per heavy atom. The van der Waals surface area contributed by atoms with Gasteiger partial charge in [-0.2, -0.15) is 0 Å². The minimum atomic E-state index is -0.173. The first kappa shape index (κ1) is 17.5. The largest absolute Gasteiger partial charge is 0.380 e. The van der Waals surface area contributed by atoms with Gasteiger partial charge < -0.3 is 15.5 Å². The van der Waals surface area contributed by atoms with E-state index in [9.17, 15) is 9.59 Å². The summed E-state index contributed by atoms with van der Waals surface area (Å²) >= 11 is 1.20. The van der Waals surface area contributed by atoms with E-state index < -0.39 is 0 Å². The Labute approximate surface area is 149 Å². The highest BCUT2D eigenvalue weighted by atomic mass is 32.1. The highest BCUT2D eigenvalue weighted by Crippen LogP contribution is 2.23. The number of aromatic amines is 1. The zero-order chi connectivity index (χ0) is 17.6. The van der Waals surface area contributed by atoms with Crippen molar-refractivity contribution in [1.82, 2.24) is 9.97 Å². The van der Waals surface area contributed by atoms with Crippen LogP contribution in [-0.2, 0) is 4.74 Å². The molecule has 1 aromatic carbocycles. The Kier molecular flexibility index (Phi) is 5.70. The second-order valence-electron chi connectivity index (χ2n) is 5.54. The molecule has 0 fully saturated rings. The van der Waals surface area contributed by atoms with Gasteiger partial charge >= 0.3 is 0 Å². The highest BCUT2D eigenvalue weighted by molar-refractivity contribution is 7.12. The van der Waals surface area contributed by atoms with Crippen molar-refractivity contribution in [3.63, 3.8) is 0 Å². The van der Waals surface area contributed by atoms with Crippen LogP contribution in [0.5, 0.6) is 0 Å². The summed E-state index contributed by atoms with van der Waals surface area (Å²) in [5.74, 6) is -0.252. The van der Waals surface area contributed by atoms with E-state index in [2.05, 4.69) is 9.97 Å². The number of thiazole rings is 1. The van der Waals surface area contributed by atoms with Gasteiger partial charge in [0, 0.05) is 42.1 Å². The van der Waals surface area contributed by atoms with Crippen LogP contribution >= 0.6 is 11.3 Å². The van der Waals surface area contributed by atoms with E-state index in [0.29, 0.717) is 48.9 Å². The summed E-state index contributed by atoms with van der Waals surface area (Å²) in [6.45, 7) is 1.46. The van der Waals surface area contributed by atoms with Crippen molar-refractivity contribution in [2.75, 3.05) is 19.8 Å². The summed E-state index contributed by atoms with van der Waals surface area (Å²) in [6, 6.07) is 7.59. The first-order valence-corrected chi connectivity index (χ1v) is 8.96. The number of Topliss-reactive ketones (excluding diaryl/α,β-unsaturated/α-hetero) is 1. The predicted octanol–water partition coefficient (Wildman–Crippen LogP) is 2.79. The standard InChI is InChI=1S/C18H19N3O3S/c19-7-9-24-8-3-6-16(22)15-11-25-18(21-15)17(23)13-10-20-14-5-2-1-4-12(13)14/h1-2,4-5,10-11,20H,3,6-9,19H2. The number of carbonyl (C=O) groups is 2. The minimum absolute atomic E-state index is 0.0782. The van der Waals surface area contributed by atoms with Gasteiger partial charge in [-0.25, -0.2) is 4.98 Å². The smallest absolute Gasteiger partial charge is 0.223 e. The molecule has 3 rings (SSSR count). The molecule has 0 saturated heterocycles. The van der Waals surface area contributed by atoms with Gasteiger partial charge in [0.2, 0.25) is 5.78 Å². The first-order chi connectivity index (χ1) is 12.2. The van der Waals surface area contributed by atoms with Crippen LogP contribution in [0.2, 0.25) is 0 Å². The zero-order valence-electron chi connectivity index (χ0n) is 13.7. The molecule has 0 spiro atoms. The fourth-order valence-electron chi connectivity index (χ4n) is 2.53. The van der Waals surface area contributed by atoms with E-state index >= 15 is 0 Å². The number of para-hydroxylation sites is 1. The molecule has 0 bridgehead atoms. The van der Waals surface area contributed by atoms with Crippen LogP contribution in [0.15, 0.2) is 35.8 Å². The summed E-state index contributed by atoms with van der Waals surface area (Å²) in [5.41, 5.74) is 7.14. The molecule has 2 aromatic heterocycles. The Hall–Kier alpha value is -2.35. The average molecular weight is 357 g/mol. The molecule has 0 aliphatic carbocycles. The quantitative estimate of drug-likeness (QED) is 0.453. The van der Waals surface area contributed by atoms with Crippen LogP contribution in [0.1, 0.15) is 38.7 Å². The molecule has 0 aliphatic rings. The number of hydrogen-bond acceptors (Lipinski definition) is 6. The lowest BCUT2D eigenvalue weighted by Gasteiger charge is -2.00. The third kappa shape index (κ3) is 4.01. The number of ether oxygens (including phenoxy) is 1. The lowest BCUT2D eigenvalue weighted by atomic mass is 10.1. The molecule has 0 aliphatic heterocycles. The molecular weight excluding hydrogens is 338 g/mol. The number of nitrogens with two attached hydrogens (primary N) is 1. The minimum Gasteiger partial charge on any atom is -0.380 e. The van der Waals surface area contributed by atoms with Crippen molar-refractivity contribution in [2.24, 2.45) is 5.73 Å². The lowest BCUT2D eigenvalue weighted by Crippen LogP contribution is -2.10. The summed E-state index contributed by atoms with van der Waals surface area (Å²) in [5, 5.41) is 2.82. The van der Waals surface area contributed by atoms with Crippen LogP contribution in [0, 0.1) is 0 Å². The predicted molar refractivity (Wildman–Crippen MR) is 97.3 cm³/mol. The maximum Gasteiger partial charge on any atom is 0.223 e. The third-order valence-electron chi connectivity index (χ3n) is 3.77. The van der Waals surface area contributed by atoms with E-state index in [1.807, 2.05) is 24.3 Å². The number of benzene rings is 1. The number of H-pyrrole nitrogens is 1. The van der Waals surface area contributed by atoms with E-state index in [1.54, 1.807) is 11.6 Å². The molecule has 6 nitrogen and oxygen atoms in total. The molecule has 2 heterocycles. The summed E-state index contributed by atoms with van der Waals surface area (Å²) in [7, 11) is 0. The Balaban J connectivity index is 1.66. The molecule has 3 aromatic rings. The number of carbonyl (C=O) groups excluding carboxylic acids is 2. The lowest BCUT2D eigenvalue weighted by molar-refractivity contribution is 0.0939. The van der Waals surface area contributed by atoms with Gasteiger partial charge in [0.15, 0.2) is 10.8 Å². The van der Waals surface area contributed by atoms with Crippen LogP contribution in [0.4, 0.5) is 0 Å². The van der Waals surface area contributed by atoms with Crippen molar-refractivity contribution in [3.05, 3.63) is 52.1 Å². The Bertz CT molecular complexity index is 884. The summed E-state index contributed by atoms with van der Waals surface area (Å²) in [6.07, 6.45) is 2.64. The number of hydrogen-bond donors (Lipinski definition) is 2. The van der Waals surface area contributed by atoms with Gasteiger partial charge in [0.05, 0.1) is 12.2 Å². The van der Waals surface area contributed by atoms with Gasteiger partial charge in [-0.15, -0.1) is 11.3 Å². The molecule has 0 amide bonds. The number of nitrogens with one attached hydrogen (secondary N) is 1. The van der Waals surface area contributed by atoms with Crippen LogP contribution in [0.3, 0.4) is 0 Å². The van der Waals surface area contributed by atoms with Gasteiger partial charge in [0.1, 0.15) is 5.69 Å². The third-order valence-corrected chi connectivity index (χ3v) is 4.61. The van der Waals surface area contributed by atoms with Crippen molar-refractivity contribution in [2.45, 2.75) is 12.8 Å². The van der Waals surface area contributed by atoms with E-state index in [4.69, 9.17) is 10.5 Å².